The molecular formula is C90H145NO18. The summed E-state index contributed by atoms with van der Waals surface area (Å²) in [7, 11) is 0. The molecule has 0 aromatic rings. The summed E-state index contributed by atoms with van der Waals surface area (Å²) >= 11 is 0. The molecule has 19 nitrogen and oxygen atoms in total. The molecule has 3 saturated heterocycles. The Morgan fingerprint density at radius 1 is 0.339 bits per heavy atom. The Hall–Kier alpha value is -5.11. The lowest BCUT2D eigenvalue weighted by Crippen LogP contribution is -2.66. The minimum absolute atomic E-state index is 0.190. The van der Waals surface area contributed by atoms with Crippen molar-refractivity contribution in [1.29, 1.82) is 0 Å². The lowest BCUT2D eigenvalue weighted by molar-refractivity contribution is -0.379. The monoisotopic (exact) mass is 1530 g/mol. The quantitative estimate of drug-likeness (QED) is 0.0199. The standard InChI is InChI=1S/C90H145NO18/c1-3-5-7-9-11-13-15-17-19-21-23-25-27-28-29-30-31-32-33-34-35-36-37-38-39-40-41-42-43-44-46-48-50-52-54-56-58-60-62-64-66-68-78(96)91-73(74(95)67-65-63-61-59-57-55-53-51-49-47-45-26-24-22-20-18-16-14-12-10-8-6-4-2)72-104-88-84(102)81(99)86(76(70-93)106-88)109-90-85(103)82(100)87(77(71-94)107-90)108-89-83(101)80(98)79(97)75(69-92)105-89/h5,7,11,13,17,19,23,25,28-29,31-32,34-35,37-38,40-41,43-44,48-51,54,56-57,59,65,67,73-77,79-90,92-95,97-103H,3-4,6,8-10,12,14-16,18,20-22,24,26-27,30,33,36,39,42,45-47,52-53,55,58,60-64,66,68-72H2,1-2H3,(H,91,96)/b7-5-,13-11-,19-17-,25-23-,29-28-,32-31-,35-34-,38-37-,41-40-,44-43-,50-48-,51-49+,56-54-,59-57+,67-65+. The fourth-order valence-electron chi connectivity index (χ4n) is 12.6. The van der Waals surface area contributed by atoms with Gasteiger partial charge >= 0.3 is 0 Å². The molecule has 17 atom stereocenters. The SMILES string of the molecule is CC/C=C\C/C=C\C/C=C\C/C=C\C/C=C\C/C=C\C/C=C\C/C=C\C/C=C\C/C=C\C/C=C\C/C=C\CCCCCCC(=O)NC(COC1OC(CO)C(OC2OC(CO)C(OC3OC(CO)C(O)C(O)C3O)C(O)C2O)C(O)C1O)C(O)/C=C/CC/C=C/CC/C=C/CCCCCCCCCCCCCCC. The second kappa shape index (κ2) is 67.4. The van der Waals surface area contributed by atoms with Crippen LogP contribution in [0.3, 0.4) is 0 Å². The van der Waals surface area contributed by atoms with Crippen molar-refractivity contribution >= 4 is 5.91 Å². The van der Waals surface area contributed by atoms with Gasteiger partial charge in [0.2, 0.25) is 5.91 Å². The van der Waals surface area contributed by atoms with Gasteiger partial charge in [-0.25, -0.2) is 0 Å². The number of amides is 1. The summed E-state index contributed by atoms with van der Waals surface area (Å²) in [5.74, 6) is -0.321. The maximum Gasteiger partial charge on any atom is 0.220 e. The second-order valence-electron chi connectivity index (χ2n) is 28.5. The van der Waals surface area contributed by atoms with Gasteiger partial charge in [-0.1, -0.05) is 286 Å². The fourth-order valence-corrected chi connectivity index (χ4v) is 12.6. The molecule has 0 radical (unpaired) electrons. The van der Waals surface area contributed by atoms with Crippen LogP contribution in [0.5, 0.6) is 0 Å². The Kier molecular flexibility index (Phi) is 60.7. The van der Waals surface area contributed by atoms with Crippen molar-refractivity contribution in [1.82, 2.24) is 5.32 Å². The largest absolute Gasteiger partial charge is 0.394 e. The van der Waals surface area contributed by atoms with Gasteiger partial charge in [0.1, 0.15) is 73.2 Å². The number of ether oxygens (including phenoxy) is 6. The third-order valence-electron chi connectivity index (χ3n) is 19.2. The maximum atomic E-state index is 13.5. The van der Waals surface area contributed by atoms with Gasteiger partial charge < -0.3 is 89.9 Å². The van der Waals surface area contributed by atoms with E-state index in [1.54, 1.807) is 6.08 Å². The first-order chi connectivity index (χ1) is 53.3. The highest BCUT2D eigenvalue weighted by atomic mass is 16.8. The molecule has 0 aromatic heterocycles. The van der Waals surface area contributed by atoms with Gasteiger partial charge in [0, 0.05) is 6.42 Å². The Morgan fingerprint density at radius 3 is 1.03 bits per heavy atom. The van der Waals surface area contributed by atoms with Crippen LogP contribution in [0.1, 0.15) is 245 Å². The lowest BCUT2D eigenvalue weighted by Gasteiger charge is -2.48. The predicted molar refractivity (Wildman–Crippen MR) is 438 cm³/mol. The van der Waals surface area contributed by atoms with Crippen LogP contribution in [0.25, 0.3) is 0 Å². The molecule has 0 aliphatic carbocycles. The minimum atomic E-state index is -2.00. The van der Waals surface area contributed by atoms with Crippen molar-refractivity contribution < 1.29 is 89.4 Å². The Bertz CT molecular complexity index is 2690. The third-order valence-corrected chi connectivity index (χ3v) is 19.2. The van der Waals surface area contributed by atoms with Crippen LogP contribution in [0.4, 0.5) is 0 Å². The predicted octanol–water partition coefficient (Wildman–Crippen LogP) is 14.7. The van der Waals surface area contributed by atoms with Gasteiger partial charge in [0.05, 0.1) is 38.6 Å². The Labute approximate surface area is 655 Å². The van der Waals surface area contributed by atoms with Gasteiger partial charge in [0.25, 0.3) is 0 Å². The molecule has 1 amide bonds. The molecule has 3 rings (SSSR count). The van der Waals surface area contributed by atoms with Crippen molar-refractivity contribution in [3.05, 3.63) is 182 Å². The van der Waals surface area contributed by atoms with Crippen LogP contribution >= 0.6 is 0 Å². The van der Waals surface area contributed by atoms with Crippen molar-refractivity contribution in [2.45, 2.75) is 349 Å². The first-order valence-corrected chi connectivity index (χ1v) is 41.5. The summed E-state index contributed by atoms with van der Waals surface area (Å²) in [4.78, 5) is 13.5. The fraction of sp³-hybridized carbons (Fsp3) is 0.656. The van der Waals surface area contributed by atoms with Crippen LogP contribution in [-0.4, -0.2) is 193 Å². The third kappa shape index (κ3) is 46.6. The molecule has 3 heterocycles. The van der Waals surface area contributed by atoms with Gasteiger partial charge in [-0.05, 0) is 135 Å². The first-order valence-electron chi connectivity index (χ1n) is 41.5. The van der Waals surface area contributed by atoms with E-state index in [1.165, 1.54) is 83.5 Å². The zero-order valence-electron chi connectivity index (χ0n) is 66.2. The van der Waals surface area contributed by atoms with E-state index in [4.69, 9.17) is 28.4 Å². The highest BCUT2D eigenvalue weighted by Crippen LogP contribution is 2.33. The Balaban J connectivity index is 1.38. The van der Waals surface area contributed by atoms with E-state index in [-0.39, 0.29) is 12.3 Å². The zero-order chi connectivity index (χ0) is 78.8. The van der Waals surface area contributed by atoms with Crippen LogP contribution in [0, 0.1) is 0 Å². The van der Waals surface area contributed by atoms with Crippen molar-refractivity contribution in [2.24, 2.45) is 0 Å². The van der Waals surface area contributed by atoms with E-state index in [2.05, 4.69) is 189 Å². The number of unbranched alkanes of at least 4 members (excludes halogenated alkanes) is 19. The van der Waals surface area contributed by atoms with E-state index < -0.39 is 131 Å². The van der Waals surface area contributed by atoms with E-state index in [0.29, 0.717) is 12.8 Å². The molecule has 3 aliphatic heterocycles. The van der Waals surface area contributed by atoms with Crippen molar-refractivity contribution in [3.8, 4) is 0 Å². The minimum Gasteiger partial charge on any atom is -0.394 e. The normalized spacial score (nSPS) is 26.3. The number of nitrogens with one attached hydrogen (secondary N) is 1. The second-order valence-corrected chi connectivity index (χ2v) is 28.5. The number of carbonyl (C=O) groups is 1. The summed E-state index contributed by atoms with van der Waals surface area (Å²) in [6.45, 7) is 1.57. The first kappa shape index (κ1) is 98.1. The number of hydrogen-bond donors (Lipinski definition) is 12. The average Bonchev–Trinajstić information content (AvgIpc) is 0.760. The van der Waals surface area contributed by atoms with Gasteiger partial charge in [-0.3, -0.25) is 4.79 Å². The Morgan fingerprint density at radius 2 is 0.642 bits per heavy atom. The smallest absolute Gasteiger partial charge is 0.220 e. The van der Waals surface area contributed by atoms with E-state index >= 15 is 0 Å². The summed E-state index contributed by atoms with van der Waals surface area (Å²) in [5, 5.41) is 121. The molecule has 3 fully saturated rings. The molecule has 0 aromatic carbocycles. The number of aliphatic hydroxyl groups is 11. The van der Waals surface area contributed by atoms with Crippen LogP contribution in [0.15, 0.2) is 182 Å². The topological polar surface area (TPSA) is 307 Å². The highest BCUT2D eigenvalue weighted by Gasteiger charge is 2.54. The number of aliphatic hydroxyl groups excluding tert-OH is 11. The molecule has 109 heavy (non-hydrogen) atoms. The van der Waals surface area contributed by atoms with Crippen molar-refractivity contribution in [3.63, 3.8) is 0 Å². The number of carbonyl (C=O) groups excluding carboxylic acids is 1. The van der Waals surface area contributed by atoms with Crippen LogP contribution < -0.4 is 5.32 Å². The number of hydrogen-bond acceptors (Lipinski definition) is 18. The lowest BCUT2D eigenvalue weighted by atomic mass is 9.96. The molecule has 0 spiro atoms. The molecule has 0 bridgehead atoms. The molecule has 12 N–H and O–H groups in total. The van der Waals surface area contributed by atoms with Crippen molar-refractivity contribution in [2.75, 3.05) is 26.4 Å². The zero-order valence-corrected chi connectivity index (χ0v) is 66.2. The summed E-state index contributed by atoms with van der Waals surface area (Å²) < 4.78 is 34.4. The van der Waals surface area contributed by atoms with E-state index in [9.17, 15) is 61.0 Å². The molecular weight excluding hydrogens is 1380 g/mol. The number of allylic oxidation sites excluding steroid dienone is 29. The molecule has 17 unspecified atom stereocenters. The summed E-state index contributed by atoms with van der Waals surface area (Å²) in [6.07, 6.45) is 75.9. The van der Waals surface area contributed by atoms with Crippen LogP contribution in [-0.2, 0) is 33.2 Å². The molecule has 19 heteroatoms. The maximum absolute atomic E-state index is 13.5. The highest BCUT2D eigenvalue weighted by molar-refractivity contribution is 5.76. The molecule has 618 valence electrons. The average molecular weight is 1530 g/mol. The molecule has 3 aliphatic rings. The van der Waals surface area contributed by atoms with E-state index in [0.717, 1.165) is 128 Å². The van der Waals surface area contributed by atoms with Gasteiger partial charge in [-0.2, -0.15) is 0 Å². The van der Waals surface area contributed by atoms with Crippen LogP contribution in [0.2, 0.25) is 0 Å². The van der Waals surface area contributed by atoms with Gasteiger partial charge in [0.15, 0.2) is 18.9 Å². The summed E-state index contributed by atoms with van der Waals surface area (Å²) in [6, 6.07) is -1.03. The van der Waals surface area contributed by atoms with E-state index in [1.807, 2.05) is 6.08 Å². The summed E-state index contributed by atoms with van der Waals surface area (Å²) in [5.41, 5.74) is 0. The van der Waals surface area contributed by atoms with Gasteiger partial charge in [-0.15, -0.1) is 0 Å². The number of rotatable bonds is 63. The molecule has 0 saturated carbocycles.